The monoisotopic (exact) mass is 417 g/mol. The number of hydrogen-bond acceptors (Lipinski definition) is 10. The molecule has 10 nitrogen and oxygen atoms in total. The van der Waals surface area contributed by atoms with Crippen molar-refractivity contribution >= 4 is 23.0 Å². The van der Waals surface area contributed by atoms with Gasteiger partial charge in [-0.2, -0.15) is 0 Å². The van der Waals surface area contributed by atoms with E-state index in [1.807, 2.05) is 0 Å². The summed E-state index contributed by atoms with van der Waals surface area (Å²) in [6, 6.07) is -0.389. The predicted molar refractivity (Wildman–Crippen MR) is 98.7 cm³/mol. The van der Waals surface area contributed by atoms with Crippen LogP contribution >= 0.6 is 15.2 Å². The minimum absolute atomic E-state index is 0.0786. The van der Waals surface area contributed by atoms with E-state index in [-0.39, 0.29) is 31.9 Å². The van der Waals surface area contributed by atoms with E-state index < -0.39 is 33.5 Å². The summed E-state index contributed by atoms with van der Waals surface area (Å²) in [5, 5.41) is 0. The Kier molecular flexibility index (Phi) is 9.95. The first-order valence-electron chi connectivity index (χ1n) is 8.18. The number of hydrogen-bond donors (Lipinski definition) is 1. The number of rotatable bonds is 12. The van der Waals surface area contributed by atoms with Gasteiger partial charge < -0.3 is 33.5 Å². The van der Waals surface area contributed by atoms with Gasteiger partial charge in [0.15, 0.2) is 0 Å². The fraction of sp³-hybridized carbons (Fsp3) is 1.00. The second-order valence-corrected chi connectivity index (χ2v) is 10.3. The van der Waals surface area contributed by atoms with Crippen LogP contribution in [0.1, 0.15) is 0 Å². The molecule has 1 aliphatic rings. The van der Waals surface area contributed by atoms with Gasteiger partial charge in [0.25, 0.3) is 0 Å². The lowest BCUT2D eigenvalue weighted by Gasteiger charge is -2.27. The molecule has 1 heterocycles. The smallest absolute Gasteiger partial charge is 0.327 e. The minimum Gasteiger partial charge on any atom is -0.378 e. The average Bonchev–Trinajstić information content (AvgIpc) is 2.89. The summed E-state index contributed by atoms with van der Waals surface area (Å²) < 4.78 is 61.8. The van der Waals surface area contributed by atoms with Gasteiger partial charge >= 0.3 is 15.2 Å². The third kappa shape index (κ3) is 7.32. The van der Waals surface area contributed by atoms with Crippen molar-refractivity contribution in [3.63, 3.8) is 0 Å². The summed E-state index contributed by atoms with van der Waals surface area (Å²) in [5.74, 6) is 0. The molecule has 0 aromatic heterocycles. The van der Waals surface area contributed by atoms with E-state index in [0.717, 1.165) is 0 Å². The molecule has 0 radical (unpaired) electrons. The van der Waals surface area contributed by atoms with Crippen molar-refractivity contribution in [3.05, 3.63) is 0 Å². The normalized spacial score (nSPS) is 32.1. The summed E-state index contributed by atoms with van der Waals surface area (Å²) >= 11 is 0. The first-order chi connectivity index (χ1) is 12.1. The van der Waals surface area contributed by atoms with Crippen molar-refractivity contribution in [3.8, 4) is 0 Å². The van der Waals surface area contributed by atoms with E-state index in [0.29, 0.717) is 0 Å². The lowest BCUT2D eigenvalue weighted by Crippen LogP contribution is -2.41. The highest BCUT2D eigenvalue weighted by molar-refractivity contribution is 7.53. The van der Waals surface area contributed by atoms with Gasteiger partial charge in [-0.05, 0) is 0 Å². The zero-order chi connectivity index (χ0) is 20.0. The van der Waals surface area contributed by atoms with E-state index >= 15 is 0 Å². The summed E-state index contributed by atoms with van der Waals surface area (Å²) in [7, 11) is -0.617. The van der Waals surface area contributed by atoms with Crippen molar-refractivity contribution < 1.29 is 41.4 Å². The first-order valence-corrected chi connectivity index (χ1v) is 12.2. The second kappa shape index (κ2) is 10.7. The van der Waals surface area contributed by atoms with Gasteiger partial charge in [0.05, 0.1) is 25.3 Å². The van der Waals surface area contributed by atoms with Crippen molar-refractivity contribution in [1.29, 1.82) is 0 Å². The van der Waals surface area contributed by atoms with Gasteiger partial charge in [0, 0.05) is 41.2 Å². The molecule has 13 heteroatoms. The van der Waals surface area contributed by atoms with Crippen LogP contribution in [0, 0.1) is 0 Å². The molecule has 0 aromatic carbocycles. The standard InChI is InChI=1S/C13H30BNO9P2/c1-18-9(6-15)7-21-12-11(24-26(5,17)20-3)10(23-13(12)14)8-22-25(4,16)19-2/h9-13H,6-8,14-15H2,1-5H3/t9?,10-,11+,12?,13-,25?,26?/m1/s1. The SMILES string of the molecule is B[C@@H]1O[C@H](COP(C)(=O)OC)[C@H](OP(C)(=O)OC)C1OCC(CN)OC. The third-order valence-electron chi connectivity index (χ3n) is 4.06. The van der Waals surface area contributed by atoms with Gasteiger partial charge in [0.1, 0.15) is 26.2 Å². The quantitative estimate of drug-likeness (QED) is 0.344. The largest absolute Gasteiger partial charge is 0.378 e. The molecule has 1 fully saturated rings. The van der Waals surface area contributed by atoms with E-state index in [1.54, 1.807) is 7.85 Å². The molecular formula is C13H30BNO9P2. The molecule has 7 atom stereocenters. The maximum atomic E-state index is 12.3. The van der Waals surface area contributed by atoms with Crippen LogP contribution in [0.3, 0.4) is 0 Å². The Hall–Kier alpha value is 0.205. The molecular weight excluding hydrogens is 387 g/mol. The molecule has 0 spiro atoms. The van der Waals surface area contributed by atoms with Crippen LogP contribution in [0.25, 0.3) is 0 Å². The lowest BCUT2D eigenvalue weighted by atomic mass is 9.93. The van der Waals surface area contributed by atoms with Gasteiger partial charge in [0.2, 0.25) is 0 Å². The molecule has 26 heavy (non-hydrogen) atoms. The molecule has 0 aliphatic carbocycles. The Morgan fingerprint density at radius 3 is 2.23 bits per heavy atom. The van der Waals surface area contributed by atoms with E-state index in [4.69, 9.17) is 38.0 Å². The minimum atomic E-state index is -3.33. The van der Waals surface area contributed by atoms with Crippen molar-refractivity contribution in [2.75, 3.05) is 54.4 Å². The Morgan fingerprint density at radius 1 is 1.12 bits per heavy atom. The summed E-state index contributed by atoms with van der Waals surface area (Å²) in [6.45, 7) is 3.12. The van der Waals surface area contributed by atoms with E-state index in [1.165, 1.54) is 34.7 Å². The Balaban J connectivity index is 2.88. The van der Waals surface area contributed by atoms with Crippen molar-refractivity contribution in [2.45, 2.75) is 30.4 Å². The molecule has 2 N–H and O–H groups in total. The van der Waals surface area contributed by atoms with Gasteiger partial charge in [-0.15, -0.1) is 0 Å². The van der Waals surface area contributed by atoms with Crippen LogP contribution in [0.4, 0.5) is 0 Å². The maximum Gasteiger partial charge on any atom is 0.327 e. The average molecular weight is 417 g/mol. The van der Waals surface area contributed by atoms with Gasteiger partial charge in [-0.3, -0.25) is 13.7 Å². The summed E-state index contributed by atoms with van der Waals surface area (Å²) in [6.07, 6.45) is -2.28. The zero-order valence-corrected chi connectivity index (χ0v) is 17.9. The van der Waals surface area contributed by atoms with Gasteiger partial charge in [-0.1, -0.05) is 0 Å². The number of nitrogens with two attached hydrogens (primary N) is 1. The molecule has 1 aliphatic heterocycles. The Bertz CT molecular complexity index is 522. The molecule has 154 valence electrons. The summed E-state index contributed by atoms with van der Waals surface area (Å²) in [5.41, 5.74) is 5.60. The highest BCUT2D eigenvalue weighted by Gasteiger charge is 2.47. The van der Waals surface area contributed by atoms with Crippen LogP contribution in [-0.4, -0.2) is 92.7 Å². The maximum absolute atomic E-state index is 12.3. The molecule has 1 saturated heterocycles. The van der Waals surface area contributed by atoms with Crippen LogP contribution in [0.2, 0.25) is 0 Å². The Morgan fingerprint density at radius 2 is 1.73 bits per heavy atom. The number of methoxy groups -OCH3 is 1. The molecule has 1 rings (SSSR count). The fourth-order valence-electron chi connectivity index (χ4n) is 2.38. The molecule has 4 unspecified atom stereocenters. The Labute approximate surface area is 155 Å². The first kappa shape index (κ1) is 24.2. The zero-order valence-electron chi connectivity index (χ0n) is 16.2. The van der Waals surface area contributed by atoms with Crippen LogP contribution in [0.5, 0.6) is 0 Å². The third-order valence-corrected chi connectivity index (χ3v) is 6.63. The predicted octanol–water partition coefficient (Wildman–Crippen LogP) is 0.0437. The van der Waals surface area contributed by atoms with Crippen molar-refractivity contribution in [1.82, 2.24) is 0 Å². The highest BCUT2D eigenvalue weighted by Crippen LogP contribution is 2.48. The second-order valence-electron chi connectivity index (χ2n) is 6.04. The molecule has 0 aromatic rings. The van der Waals surface area contributed by atoms with Crippen LogP contribution in [0.15, 0.2) is 0 Å². The fourth-order valence-corrected chi connectivity index (χ4v) is 3.69. The van der Waals surface area contributed by atoms with Crippen LogP contribution < -0.4 is 5.73 Å². The highest BCUT2D eigenvalue weighted by atomic mass is 31.2. The van der Waals surface area contributed by atoms with E-state index in [9.17, 15) is 9.13 Å². The topological polar surface area (TPSA) is 125 Å². The molecule has 0 amide bonds. The van der Waals surface area contributed by atoms with Gasteiger partial charge in [-0.25, -0.2) is 0 Å². The van der Waals surface area contributed by atoms with E-state index in [2.05, 4.69) is 0 Å². The summed E-state index contributed by atoms with van der Waals surface area (Å²) in [4.78, 5) is 0. The lowest BCUT2D eigenvalue weighted by molar-refractivity contribution is -0.0585. The molecule has 0 saturated carbocycles. The van der Waals surface area contributed by atoms with Crippen molar-refractivity contribution in [2.24, 2.45) is 5.73 Å². The van der Waals surface area contributed by atoms with Crippen LogP contribution in [-0.2, 0) is 41.4 Å². The number of ether oxygens (including phenoxy) is 3. The molecule has 0 bridgehead atoms.